The van der Waals surface area contributed by atoms with Crippen LogP contribution in [0.4, 0.5) is 0 Å². The standard InChI is InChI=1S/C21H39N2P/c1-5-9-16-24(17-10-6-2,18-11-7-3,19-12-8-4)23-15-13-14-21(23)20-22/h13-15H,5-12,16-19H2,1-4H3. The van der Waals surface area contributed by atoms with E-state index in [0.717, 1.165) is 5.69 Å². The molecule has 0 spiro atoms. The first-order chi connectivity index (χ1) is 11.6. The summed E-state index contributed by atoms with van der Waals surface area (Å²) < 4.78 is 2.54. The van der Waals surface area contributed by atoms with Gasteiger partial charge in [-0.3, -0.25) is 0 Å². The van der Waals surface area contributed by atoms with Gasteiger partial charge in [0.1, 0.15) is 0 Å². The third-order valence-electron chi connectivity index (χ3n) is 5.80. The van der Waals surface area contributed by atoms with Crippen molar-refractivity contribution in [3.63, 3.8) is 0 Å². The van der Waals surface area contributed by atoms with E-state index in [1.54, 1.807) is 0 Å². The minimum atomic E-state index is -2.12. The van der Waals surface area contributed by atoms with Crippen molar-refractivity contribution < 1.29 is 0 Å². The fraction of sp³-hybridized carbons (Fsp3) is 0.762. The topological polar surface area (TPSA) is 28.7 Å². The van der Waals surface area contributed by atoms with Crippen LogP contribution in [0.1, 0.15) is 84.8 Å². The van der Waals surface area contributed by atoms with Gasteiger partial charge >= 0.3 is 150 Å². The maximum absolute atomic E-state index is 9.74. The van der Waals surface area contributed by atoms with Gasteiger partial charge in [0.25, 0.3) is 0 Å². The van der Waals surface area contributed by atoms with Crippen LogP contribution in [0, 0.1) is 11.3 Å². The van der Waals surface area contributed by atoms with Gasteiger partial charge in [-0.2, -0.15) is 0 Å². The first-order valence-corrected chi connectivity index (χ1v) is 13.1. The number of hydrogen-bond donors (Lipinski definition) is 0. The molecule has 0 aliphatic rings. The number of hydrogen-bond acceptors (Lipinski definition) is 1. The van der Waals surface area contributed by atoms with Crippen LogP contribution < -0.4 is 0 Å². The minimum absolute atomic E-state index is 0.909. The molecule has 0 saturated carbocycles. The Morgan fingerprint density at radius 3 is 1.58 bits per heavy atom. The van der Waals surface area contributed by atoms with Crippen LogP contribution in [0.2, 0.25) is 0 Å². The Morgan fingerprint density at radius 1 is 0.833 bits per heavy atom. The molecule has 0 atom stereocenters. The average Bonchev–Trinajstić information content (AvgIpc) is 3.11. The Hall–Kier alpha value is -0.800. The Balaban J connectivity index is 3.51. The quantitative estimate of drug-likeness (QED) is 0.357. The number of nitrogens with zero attached hydrogens (tertiary/aromatic N) is 2. The van der Waals surface area contributed by atoms with Crippen molar-refractivity contribution in [3.8, 4) is 6.07 Å². The molecule has 2 nitrogen and oxygen atoms in total. The van der Waals surface area contributed by atoms with Crippen LogP contribution in [0.25, 0.3) is 0 Å². The van der Waals surface area contributed by atoms with E-state index in [-0.39, 0.29) is 0 Å². The fourth-order valence-electron chi connectivity index (χ4n) is 4.31. The molecule has 1 aromatic rings. The third-order valence-corrected chi connectivity index (χ3v) is 13.2. The molecule has 1 rings (SSSR count). The van der Waals surface area contributed by atoms with Crippen molar-refractivity contribution in [1.82, 2.24) is 4.34 Å². The second kappa shape index (κ2) is 10.2. The van der Waals surface area contributed by atoms with Crippen LogP contribution in [-0.2, 0) is 0 Å². The molecular weight excluding hydrogens is 311 g/mol. The van der Waals surface area contributed by atoms with E-state index >= 15 is 0 Å². The molecule has 1 aromatic heterocycles. The van der Waals surface area contributed by atoms with Crippen LogP contribution >= 0.6 is 6.75 Å². The molecule has 0 unspecified atom stereocenters. The van der Waals surface area contributed by atoms with Gasteiger partial charge in [-0.1, -0.05) is 0 Å². The van der Waals surface area contributed by atoms with Crippen molar-refractivity contribution in [1.29, 1.82) is 5.26 Å². The Bertz CT molecular complexity index is 469. The molecule has 0 aliphatic carbocycles. The van der Waals surface area contributed by atoms with E-state index in [4.69, 9.17) is 0 Å². The van der Waals surface area contributed by atoms with E-state index in [9.17, 15) is 5.26 Å². The number of rotatable bonds is 13. The van der Waals surface area contributed by atoms with E-state index in [1.165, 1.54) is 76.0 Å². The summed E-state index contributed by atoms with van der Waals surface area (Å²) in [5.41, 5.74) is 0.909. The summed E-state index contributed by atoms with van der Waals surface area (Å²) in [7, 11) is 0. The molecule has 0 saturated heterocycles. The monoisotopic (exact) mass is 350 g/mol. The second-order valence-corrected chi connectivity index (χ2v) is 13.6. The van der Waals surface area contributed by atoms with Gasteiger partial charge in [0, 0.05) is 0 Å². The zero-order chi connectivity index (χ0) is 17.9. The Kier molecular flexibility index (Phi) is 9.07. The molecule has 24 heavy (non-hydrogen) atoms. The van der Waals surface area contributed by atoms with Crippen LogP contribution in [0.3, 0.4) is 0 Å². The Labute approximate surface area is 150 Å². The molecule has 0 bridgehead atoms. The first kappa shape index (κ1) is 21.2. The average molecular weight is 351 g/mol. The second-order valence-electron chi connectivity index (χ2n) is 7.57. The summed E-state index contributed by atoms with van der Waals surface area (Å²) in [6.07, 6.45) is 17.8. The summed E-state index contributed by atoms with van der Waals surface area (Å²) in [6.45, 7) is 7.12. The van der Waals surface area contributed by atoms with Gasteiger partial charge in [0.2, 0.25) is 0 Å². The van der Waals surface area contributed by atoms with Gasteiger partial charge in [-0.05, 0) is 0 Å². The SMILES string of the molecule is CCCCP(CCCC)(CCCC)(CCCC)n1cccc1C#N. The molecular formula is C21H39N2P. The summed E-state index contributed by atoms with van der Waals surface area (Å²) in [5.74, 6) is 0. The van der Waals surface area contributed by atoms with Crippen molar-refractivity contribution in [2.75, 3.05) is 24.6 Å². The number of nitriles is 1. The molecule has 0 aromatic carbocycles. The predicted octanol–water partition coefficient (Wildman–Crippen LogP) is 6.88. The number of unbranched alkanes of at least 4 members (excludes halogenated alkanes) is 4. The first-order valence-electron chi connectivity index (χ1n) is 10.2. The zero-order valence-electron chi connectivity index (χ0n) is 16.6. The van der Waals surface area contributed by atoms with Gasteiger partial charge in [0.15, 0.2) is 0 Å². The summed E-state index contributed by atoms with van der Waals surface area (Å²) >= 11 is 0. The molecule has 0 amide bonds. The molecule has 1 heterocycles. The van der Waals surface area contributed by atoms with Crippen LogP contribution in [0.5, 0.6) is 0 Å². The van der Waals surface area contributed by atoms with E-state index in [2.05, 4.69) is 50.4 Å². The van der Waals surface area contributed by atoms with Crippen molar-refractivity contribution in [2.45, 2.75) is 79.1 Å². The third kappa shape index (κ3) is 4.64. The molecule has 138 valence electrons. The van der Waals surface area contributed by atoms with E-state index in [1.807, 2.05) is 6.07 Å². The fourth-order valence-corrected chi connectivity index (χ4v) is 12.2. The predicted molar refractivity (Wildman–Crippen MR) is 111 cm³/mol. The maximum atomic E-state index is 9.74. The van der Waals surface area contributed by atoms with Gasteiger partial charge < -0.3 is 0 Å². The molecule has 0 fully saturated rings. The molecule has 3 heteroatoms. The summed E-state index contributed by atoms with van der Waals surface area (Å²) in [4.78, 5) is 0. The van der Waals surface area contributed by atoms with Crippen molar-refractivity contribution in [2.24, 2.45) is 0 Å². The van der Waals surface area contributed by atoms with Crippen molar-refractivity contribution in [3.05, 3.63) is 24.0 Å². The van der Waals surface area contributed by atoms with Crippen molar-refractivity contribution >= 4 is 6.75 Å². The van der Waals surface area contributed by atoms with Gasteiger partial charge in [-0.15, -0.1) is 0 Å². The summed E-state index contributed by atoms with van der Waals surface area (Å²) in [5, 5.41) is 9.74. The molecule has 0 radical (unpaired) electrons. The number of aromatic nitrogens is 1. The van der Waals surface area contributed by atoms with E-state index < -0.39 is 6.75 Å². The zero-order valence-corrected chi connectivity index (χ0v) is 17.5. The van der Waals surface area contributed by atoms with E-state index in [0.29, 0.717) is 0 Å². The Morgan fingerprint density at radius 2 is 1.25 bits per heavy atom. The normalized spacial score (nSPS) is 13.4. The summed E-state index contributed by atoms with van der Waals surface area (Å²) in [6, 6.07) is 6.65. The molecule has 0 N–H and O–H groups in total. The van der Waals surface area contributed by atoms with Gasteiger partial charge in [-0.25, -0.2) is 0 Å². The van der Waals surface area contributed by atoms with Gasteiger partial charge in [0.05, 0.1) is 0 Å². The van der Waals surface area contributed by atoms with Crippen LogP contribution in [-0.4, -0.2) is 29.0 Å². The van der Waals surface area contributed by atoms with Crippen LogP contribution in [0.15, 0.2) is 18.3 Å². The molecule has 0 aliphatic heterocycles.